The van der Waals surface area contributed by atoms with E-state index in [0.717, 1.165) is 11.0 Å². The Kier molecular flexibility index (Phi) is 3.49. The van der Waals surface area contributed by atoms with Crippen molar-refractivity contribution in [3.63, 3.8) is 0 Å². The number of rotatable bonds is 3. The van der Waals surface area contributed by atoms with Gasteiger partial charge in [0.05, 0.1) is 16.0 Å². The maximum absolute atomic E-state index is 12.2. The van der Waals surface area contributed by atoms with E-state index in [0.29, 0.717) is 5.56 Å². The summed E-state index contributed by atoms with van der Waals surface area (Å²) in [5, 5.41) is 10.7. The van der Waals surface area contributed by atoms with E-state index in [1.54, 1.807) is 24.3 Å². The van der Waals surface area contributed by atoms with Crippen molar-refractivity contribution in [2.24, 2.45) is 0 Å². The van der Waals surface area contributed by atoms with E-state index in [-0.39, 0.29) is 11.6 Å². The Bertz CT molecular complexity index is 896. The first-order valence-electron chi connectivity index (χ1n) is 6.54. The Morgan fingerprint density at radius 1 is 1.18 bits per heavy atom. The normalized spacial score (nSPS) is 11.1. The van der Waals surface area contributed by atoms with Gasteiger partial charge in [0.15, 0.2) is 0 Å². The predicted molar refractivity (Wildman–Crippen MR) is 82.5 cm³/mol. The first-order chi connectivity index (χ1) is 10.6. The summed E-state index contributed by atoms with van der Waals surface area (Å²) in [6.45, 7) is 0. The van der Waals surface area contributed by atoms with Crippen molar-refractivity contribution in [1.82, 2.24) is 9.55 Å². The van der Waals surface area contributed by atoms with Crippen molar-refractivity contribution in [2.45, 2.75) is 0 Å². The Morgan fingerprint density at radius 3 is 2.82 bits per heavy atom. The highest BCUT2D eigenvalue weighted by molar-refractivity contribution is 5.99. The molecule has 0 amide bonds. The number of hydrogen-bond donors (Lipinski definition) is 0. The molecule has 0 spiro atoms. The molecule has 0 unspecified atom stereocenters. The lowest BCUT2D eigenvalue weighted by Gasteiger charge is -1.98. The minimum Gasteiger partial charge on any atom is -0.269 e. The van der Waals surface area contributed by atoms with Crippen LogP contribution >= 0.6 is 0 Å². The first-order valence-corrected chi connectivity index (χ1v) is 6.54. The molecular formula is C16H11N3O3. The zero-order valence-corrected chi connectivity index (χ0v) is 11.4. The Morgan fingerprint density at radius 2 is 2.00 bits per heavy atom. The van der Waals surface area contributed by atoms with Gasteiger partial charge in [-0.15, -0.1) is 0 Å². The molecule has 0 radical (unpaired) electrons. The molecule has 3 rings (SSSR count). The number of nitrogens with zero attached hydrogens (tertiary/aromatic N) is 3. The lowest BCUT2D eigenvalue weighted by atomic mass is 10.2. The molecule has 3 aromatic rings. The standard InChI is InChI=1S/C16H11N3O3/c20-16(18-11-17-14-6-1-2-7-15(14)18)9-8-12-4-3-5-13(10-12)19(21)22/h1-11H/b9-8+. The summed E-state index contributed by atoms with van der Waals surface area (Å²) < 4.78 is 1.43. The third-order valence-electron chi connectivity index (χ3n) is 3.19. The Balaban J connectivity index is 1.88. The number of non-ortho nitro benzene ring substituents is 1. The fourth-order valence-electron chi connectivity index (χ4n) is 2.12. The van der Waals surface area contributed by atoms with Crippen LogP contribution in [0.4, 0.5) is 5.69 Å². The van der Waals surface area contributed by atoms with Crippen molar-refractivity contribution >= 4 is 28.7 Å². The molecule has 2 aromatic carbocycles. The molecule has 0 aliphatic rings. The number of benzene rings is 2. The van der Waals surface area contributed by atoms with Gasteiger partial charge in [0, 0.05) is 18.2 Å². The lowest BCUT2D eigenvalue weighted by Crippen LogP contribution is -2.05. The highest BCUT2D eigenvalue weighted by Crippen LogP contribution is 2.15. The van der Waals surface area contributed by atoms with E-state index >= 15 is 0 Å². The molecule has 0 aliphatic heterocycles. The van der Waals surface area contributed by atoms with Gasteiger partial charge in [0.1, 0.15) is 6.33 Å². The van der Waals surface area contributed by atoms with Crippen LogP contribution in [0.15, 0.2) is 60.9 Å². The van der Waals surface area contributed by atoms with Crippen molar-refractivity contribution in [1.29, 1.82) is 0 Å². The minimum atomic E-state index is -0.470. The van der Waals surface area contributed by atoms with Crippen LogP contribution in [0.2, 0.25) is 0 Å². The largest absolute Gasteiger partial charge is 0.270 e. The predicted octanol–water partition coefficient (Wildman–Crippen LogP) is 3.30. The van der Waals surface area contributed by atoms with Gasteiger partial charge >= 0.3 is 0 Å². The van der Waals surface area contributed by atoms with E-state index < -0.39 is 4.92 Å². The van der Waals surface area contributed by atoms with Gasteiger partial charge in [-0.1, -0.05) is 24.3 Å². The quantitative estimate of drug-likeness (QED) is 0.421. The van der Waals surface area contributed by atoms with Crippen molar-refractivity contribution in [3.8, 4) is 0 Å². The second-order valence-corrected chi connectivity index (χ2v) is 4.63. The van der Waals surface area contributed by atoms with E-state index in [1.807, 2.05) is 18.2 Å². The summed E-state index contributed by atoms with van der Waals surface area (Å²) in [5.74, 6) is -0.264. The number of carbonyl (C=O) groups excluding carboxylic acids is 1. The first kappa shape index (κ1) is 13.7. The van der Waals surface area contributed by atoms with Crippen molar-refractivity contribution in [2.75, 3.05) is 0 Å². The topological polar surface area (TPSA) is 78.0 Å². The van der Waals surface area contributed by atoms with Gasteiger partial charge in [-0.05, 0) is 23.8 Å². The zero-order chi connectivity index (χ0) is 15.5. The van der Waals surface area contributed by atoms with E-state index in [1.165, 1.54) is 29.1 Å². The number of nitro groups is 1. The van der Waals surface area contributed by atoms with Gasteiger partial charge in [-0.2, -0.15) is 0 Å². The summed E-state index contributed by atoms with van der Waals surface area (Å²) in [7, 11) is 0. The zero-order valence-electron chi connectivity index (χ0n) is 11.4. The monoisotopic (exact) mass is 293 g/mol. The van der Waals surface area contributed by atoms with E-state index in [4.69, 9.17) is 0 Å². The molecular weight excluding hydrogens is 282 g/mol. The summed E-state index contributed by atoms with van der Waals surface area (Å²) >= 11 is 0. The minimum absolute atomic E-state index is 0.0114. The van der Waals surface area contributed by atoms with Crippen LogP contribution in [0.1, 0.15) is 10.4 Å². The Hall–Kier alpha value is -3.28. The molecule has 0 saturated carbocycles. The molecule has 108 valence electrons. The third-order valence-corrected chi connectivity index (χ3v) is 3.19. The maximum Gasteiger partial charge on any atom is 0.270 e. The van der Waals surface area contributed by atoms with E-state index in [2.05, 4.69) is 4.98 Å². The second-order valence-electron chi connectivity index (χ2n) is 4.63. The number of nitro benzene ring substituents is 1. The fraction of sp³-hybridized carbons (Fsp3) is 0. The number of aromatic nitrogens is 2. The average Bonchev–Trinajstić information content (AvgIpc) is 2.97. The van der Waals surface area contributed by atoms with Gasteiger partial charge in [-0.25, -0.2) is 4.98 Å². The van der Waals surface area contributed by atoms with Crippen molar-refractivity contribution in [3.05, 3.63) is 76.6 Å². The summed E-state index contributed by atoms with van der Waals surface area (Å²) in [4.78, 5) is 26.6. The highest BCUT2D eigenvalue weighted by atomic mass is 16.6. The van der Waals surface area contributed by atoms with Crippen LogP contribution in [0.25, 0.3) is 17.1 Å². The molecule has 1 aromatic heterocycles. The number of hydrogen-bond acceptors (Lipinski definition) is 4. The van der Waals surface area contributed by atoms with Gasteiger partial charge in [0.2, 0.25) is 0 Å². The van der Waals surface area contributed by atoms with Gasteiger partial charge in [-0.3, -0.25) is 19.5 Å². The third kappa shape index (κ3) is 2.62. The number of carbonyl (C=O) groups is 1. The molecule has 0 atom stereocenters. The van der Waals surface area contributed by atoms with Gasteiger partial charge in [0.25, 0.3) is 11.6 Å². The number of para-hydroxylation sites is 2. The van der Waals surface area contributed by atoms with Crippen molar-refractivity contribution < 1.29 is 9.72 Å². The lowest BCUT2D eigenvalue weighted by molar-refractivity contribution is -0.384. The number of imidazole rings is 1. The maximum atomic E-state index is 12.2. The smallest absolute Gasteiger partial charge is 0.269 e. The van der Waals surface area contributed by atoms with Crippen LogP contribution in [0.5, 0.6) is 0 Å². The average molecular weight is 293 g/mol. The molecule has 1 heterocycles. The summed E-state index contributed by atoms with van der Waals surface area (Å²) in [6, 6.07) is 13.4. The Labute approximate surface area is 125 Å². The van der Waals surface area contributed by atoms with Crippen LogP contribution < -0.4 is 0 Å². The molecule has 6 heteroatoms. The molecule has 6 nitrogen and oxygen atoms in total. The van der Waals surface area contributed by atoms with Crippen LogP contribution in [-0.2, 0) is 0 Å². The van der Waals surface area contributed by atoms with Gasteiger partial charge < -0.3 is 0 Å². The van der Waals surface area contributed by atoms with Crippen LogP contribution in [-0.4, -0.2) is 20.4 Å². The van der Waals surface area contributed by atoms with Crippen LogP contribution in [0.3, 0.4) is 0 Å². The SMILES string of the molecule is O=C(/C=C/c1cccc([N+](=O)[O-])c1)n1cnc2ccccc21. The molecule has 22 heavy (non-hydrogen) atoms. The molecule has 0 N–H and O–H groups in total. The fourth-order valence-corrected chi connectivity index (χ4v) is 2.12. The molecule has 0 saturated heterocycles. The molecule has 0 fully saturated rings. The summed E-state index contributed by atoms with van der Waals surface area (Å²) in [6.07, 6.45) is 4.38. The molecule has 0 bridgehead atoms. The van der Waals surface area contributed by atoms with Crippen LogP contribution in [0, 0.1) is 10.1 Å². The number of fused-ring (bicyclic) bond motifs is 1. The highest BCUT2D eigenvalue weighted by Gasteiger charge is 2.07. The molecule has 0 aliphatic carbocycles. The second kappa shape index (κ2) is 5.61. The summed E-state index contributed by atoms with van der Waals surface area (Å²) in [5.41, 5.74) is 2.03. The van der Waals surface area contributed by atoms with E-state index in [9.17, 15) is 14.9 Å². The number of allylic oxidation sites excluding steroid dienone is 1.